The van der Waals surface area contributed by atoms with Crippen LogP contribution in [0, 0.1) is 0 Å². The van der Waals surface area contributed by atoms with Gasteiger partial charge in [-0.15, -0.1) is 11.6 Å². The van der Waals surface area contributed by atoms with Crippen molar-refractivity contribution in [2.75, 3.05) is 0 Å². The number of hydrogen-bond donors (Lipinski definition) is 1. The number of hydrogen-bond acceptors (Lipinski definition) is 2. The number of carboxylic acid groups (broad SMARTS) is 1. The first-order valence-corrected chi connectivity index (χ1v) is 5.36. The first-order chi connectivity index (χ1) is 8.66. The second-order valence-electron chi connectivity index (χ2n) is 3.53. The molecule has 1 aromatic heterocycles. The zero-order chi connectivity index (χ0) is 14.8. The number of nitrogens with zero attached hydrogens (tertiary/aromatic N) is 1. The summed E-state index contributed by atoms with van der Waals surface area (Å²) in [6.07, 6.45) is -9.21. The van der Waals surface area contributed by atoms with Crippen LogP contribution < -0.4 is 0 Å². The van der Waals surface area contributed by atoms with Crippen molar-refractivity contribution >= 4 is 17.6 Å². The van der Waals surface area contributed by atoms with Gasteiger partial charge in [0.25, 0.3) is 6.43 Å². The first-order valence-electron chi connectivity index (χ1n) is 4.82. The van der Waals surface area contributed by atoms with Gasteiger partial charge in [-0.25, -0.2) is 8.78 Å². The largest absolute Gasteiger partial charge is 0.481 e. The monoisotopic (exact) mass is 303 g/mol. The average molecular weight is 304 g/mol. The zero-order valence-corrected chi connectivity index (χ0v) is 9.90. The summed E-state index contributed by atoms with van der Waals surface area (Å²) in [5, 5.41) is 8.51. The van der Waals surface area contributed by atoms with Crippen molar-refractivity contribution in [3.63, 3.8) is 0 Å². The molecule has 0 atom stereocenters. The third-order valence-corrected chi connectivity index (χ3v) is 2.41. The molecule has 19 heavy (non-hydrogen) atoms. The molecule has 0 saturated carbocycles. The van der Waals surface area contributed by atoms with Crippen molar-refractivity contribution in [1.29, 1.82) is 0 Å². The van der Waals surface area contributed by atoms with Crippen molar-refractivity contribution in [3.05, 3.63) is 28.6 Å². The van der Waals surface area contributed by atoms with Crippen LogP contribution in [0.3, 0.4) is 0 Å². The minimum atomic E-state index is -5.04. The highest BCUT2D eigenvalue weighted by molar-refractivity contribution is 6.17. The van der Waals surface area contributed by atoms with Gasteiger partial charge in [0.05, 0.1) is 29.3 Å². The number of halogens is 6. The van der Waals surface area contributed by atoms with Crippen LogP contribution in [0.25, 0.3) is 0 Å². The Balaban J connectivity index is 3.49. The number of alkyl halides is 6. The predicted molar refractivity (Wildman–Crippen MR) is 55.1 cm³/mol. The Bertz CT molecular complexity index is 490. The lowest BCUT2D eigenvalue weighted by atomic mass is 10.0. The number of rotatable bonds is 4. The molecule has 0 radical (unpaired) electrons. The first kappa shape index (κ1) is 15.6. The molecule has 1 heterocycles. The third kappa shape index (κ3) is 3.76. The van der Waals surface area contributed by atoms with Crippen LogP contribution in [0.5, 0.6) is 0 Å². The van der Waals surface area contributed by atoms with E-state index < -0.39 is 53.4 Å². The van der Waals surface area contributed by atoms with Gasteiger partial charge in [0.15, 0.2) is 0 Å². The lowest BCUT2D eigenvalue weighted by Crippen LogP contribution is -2.16. The highest BCUT2D eigenvalue weighted by Crippen LogP contribution is 2.39. The Morgan fingerprint density at radius 2 is 2.00 bits per heavy atom. The van der Waals surface area contributed by atoms with Crippen molar-refractivity contribution in [3.8, 4) is 0 Å². The fourth-order valence-electron chi connectivity index (χ4n) is 1.52. The summed E-state index contributed by atoms with van der Waals surface area (Å²) in [5.74, 6) is -2.14. The van der Waals surface area contributed by atoms with Crippen LogP contribution in [0.15, 0.2) is 6.07 Å². The van der Waals surface area contributed by atoms with Crippen molar-refractivity contribution in [1.82, 2.24) is 4.98 Å². The van der Waals surface area contributed by atoms with E-state index in [-0.39, 0.29) is 0 Å². The maximum absolute atomic E-state index is 12.7. The smallest absolute Gasteiger partial charge is 0.418 e. The van der Waals surface area contributed by atoms with Crippen LogP contribution in [-0.2, 0) is 23.3 Å². The molecular weight excluding hydrogens is 297 g/mol. The Hall–Kier alpha value is -1.44. The third-order valence-electron chi connectivity index (χ3n) is 2.16. The summed E-state index contributed by atoms with van der Waals surface area (Å²) in [4.78, 5) is 13.8. The quantitative estimate of drug-likeness (QED) is 0.685. The number of carbonyl (C=O) groups is 1. The molecule has 0 fully saturated rings. The maximum atomic E-state index is 12.7. The number of carboxylic acids is 1. The van der Waals surface area contributed by atoms with E-state index in [1.54, 1.807) is 0 Å². The molecule has 0 aliphatic heterocycles. The molecule has 1 N–H and O–H groups in total. The van der Waals surface area contributed by atoms with Crippen LogP contribution in [-0.4, -0.2) is 16.1 Å². The van der Waals surface area contributed by atoms with Gasteiger partial charge in [0.2, 0.25) is 0 Å². The summed E-state index contributed by atoms with van der Waals surface area (Å²) >= 11 is 5.27. The van der Waals surface area contributed by atoms with E-state index in [1.165, 1.54) is 0 Å². The van der Waals surface area contributed by atoms with Gasteiger partial charge in [0, 0.05) is 5.56 Å². The van der Waals surface area contributed by atoms with Gasteiger partial charge in [-0.3, -0.25) is 9.78 Å². The van der Waals surface area contributed by atoms with Crippen LogP contribution in [0.2, 0.25) is 0 Å². The minimum Gasteiger partial charge on any atom is -0.481 e. The minimum absolute atomic E-state index is 0.397. The molecule has 0 unspecified atom stereocenters. The molecule has 1 rings (SSSR count). The normalized spacial score (nSPS) is 11.9. The summed E-state index contributed by atoms with van der Waals surface area (Å²) in [7, 11) is 0. The number of aliphatic carboxylic acids is 1. The molecule has 0 spiro atoms. The Morgan fingerprint density at radius 1 is 1.42 bits per heavy atom. The molecular formula is C10H7ClF5NO2. The maximum Gasteiger partial charge on any atom is 0.418 e. The van der Waals surface area contributed by atoms with Crippen molar-refractivity contribution < 1.29 is 31.9 Å². The summed E-state index contributed by atoms with van der Waals surface area (Å²) < 4.78 is 63.5. The van der Waals surface area contributed by atoms with E-state index in [4.69, 9.17) is 16.7 Å². The lowest BCUT2D eigenvalue weighted by molar-refractivity contribution is -0.140. The zero-order valence-electron chi connectivity index (χ0n) is 9.14. The van der Waals surface area contributed by atoms with Crippen LogP contribution in [0.4, 0.5) is 22.0 Å². The van der Waals surface area contributed by atoms with E-state index in [1.807, 2.05) is 0 Å². The van der Waals surface area contributed by atoms with Gasteiger partial charge >= 0.3 is 12.1 Å². The van der Waals surface area contributed by atoms with Crippen LogP contribution >= 0.6 is 11.6 Å². The van der Waals surface area contributed by atoms with Crippen LogP contribution in [0.1, 0.15) is 28.9 Å². The molecule has 0 bridgehead atoms. The van der Waals surface area contributed by atoms with E-state index in [9.17, 15) is 26.7 Å². The Kier molecular flexibility index (Phi) is 4.67. The van der Waals surface area contributed by atoms with Gasteiger partial charge in [-0.1, -0.05) is 0 Å². The number of aromatic nitrogens is 1. The summed E-state index contributed by atoms with van der Waals surface area (Å²) in [6.45, 7) is 0. The molecule has 0 aliphatic carbocycles. The fraction of sp³-hybridized carbons (Fsp3) is 0.400. The SMILES string of the molecule is O=C(O)Cc1cc(C(F)F)c(C(F)(F)F)c(CCl)n1. The highest BCUT2D eigenvalue weighted by Gasteiger charge is 2.39. The second kappa shape index (κ2) is 5.68. The number of pyridine rings is 1. The van der Waals surface area contributed by atoms with Gasteiger partial charge < -0.3 is 5.11 Å². The molecule has 106 valence electrons. The van der Waals surface area contributed by atoms with Gasteiger partial charge in [-0.05, 0) is 6.07 Å². The van der Waals surface area contributed by atoms with Gasteiger partial charge in [-0.2, -0.15) is 13.2 Å². The molecule has 0 aliphatic rings. The highest BCUT2D eigenvalue weighted by atomic mass is 35.5. The molecule has 3 nitrogen and oxygen atoms in total. The second-order valence-corrected chi connectivity index (χ2v) is 3.79. The van der Waals surface area contributed by atoms with Gasteiger partial charge in [0.1, 0.15) is 0 Å². The average Bonchev–Trinajstić information content (AvgIpc) is 2.25. The summed E-state index contributed by atoms with van der Waals surface area (Å²) in [5.41, 5.74) is -4.12. The Morgan fingerprint density at radius 3 is 2.37 bits per heavy atom. The van der Waals surface area contributed by atoms with E-state index in [2.05, 4.69) is 4.98 Å². The van der Waals surface area contributed by atoms with E-state index in [0.29, 0.717) is 6.07 Å². The Labute approximate surface area is 109 Å². The molecule has 0 saturated heterocycles. The molecule has 9 heteroatoms. The van der Waals surface area contributed by atoms with E-state index in [0.717, 1.165) is 0 Å². The lowest BCUT2D eigenvalue weighted by Gasteiger charge is -2.16. The van der Waals surface area contributed by atoms with Crippen molar-refractivity contribution in [2.45, 2.75) is 24.9 Å². The standard InChI is InChI=1S/C10H7ClF5NO2/c11-3-6-8(10(14,15)16)5(9(12)13)1-4(17-6)2-7(18)19/h1,9H,2-3H2,(H,18,19). The topological polar surface area (TPSA) is 50.2 Å². The summed E-state index contributed by atoms with van der Waals surface area (Å²) in [6, 6.07) is 0.442. The molecule has 0 amide bonds. The molecule has 0 aromatic carbocycles. The van der Waals surface area contributed by atoms with Crippen molar-refractivity contribution in [2.24, 2.45) is 0 Å². The predicted octanol–water partition coefficient (Wildman–Crippen LogP) is 3.40. The van der Waals surface area contributed by atoms with E-state index >= 15 is 0 Å². The fourth-order valence-corrected chi connectivity index (χ4v) is 1.71. The molecule has 1 aromatic rings.